The summed E-state index contributed by atoms with van der Waals surface area (Å²) in [5.41, 5.74) is 3.08. The van der Waals surface area contributed by atoms with Crippen molar-refractivity contribution in [2.75, 3.05) is 17.1 Å². The van der Waals surface area contributed by atoms with Crippen LogP contribution in [0.5, 0.6) is 0 Å². The molecule has 156 valence electrons. The number of amides is 1. The molecule has 0 bridgehead atoms. The molecule has 0 spiro atoms. The Morgan fingerprint density at radius 3 is 2.45 bits per heavy atom. The first-order chi connectivity index (χ1) is 13.4. The van der Waals surface area contributed by atoms with Crippen LogP contribution in [0.1, 0.15) is 35.2 Å². The number of nitro groups is 1. The van der Waals surface area contributed by atoms with Crippen molar-refractivity contribution in [1.29, 1.82) is 0 Å². The Balaban J connectivity index is 2.30. The first-order valence-corrected chi connectivity index (χ1v) is 10.8. The number of hydrogen-bond acceptors (Lipinski definition) is 5. The number of nitro benzene ring substituents is 1. The molecule has 0 aliphatic rings. The zero-order valence-electron chi connectivity index (χ0n) is 17.1. The number of nitrogens with one attached hydrogen (secondary N) is 1. The summed E-state index contributed by atoms with van der Waals surface area (Å²) in [5, 5.41) is 14.0. The third-order valence-corrected chi connectivity index (χ3v) is 5.83. The van der Waals surface area contributed by atoms with Gasteiger partial charge in [0.05, 0.1) is 28.5 Å². The zero-order valence-corrected chi connectivity index (χ0v) is 17.9. The highest BCUT2D eigenvalue weighted by atomic mass is 32.2. The topological polar surface area (TPSA) is 110 Å². The number of carbonyl (C=O) groups excluding carboxylic acids is 1. The lowest BCUT2D eigenvalue weighted by Gasteiger charge is -2.25. The highest BCUT2D eigenvalue weighted by Gasteiger charge is 2.26. The Kier molecular flexibility index (Phi) is 6.63. The van der Waals surface area contributed by atoms with Gasteiger partial charge in [0, 0.05) is 6.07 Å². The molecule has 9 heteroatoms. The van der Waals surface area contributed by atoms with Gasteiger partial charge < -0.3 is 5.32 Å². The maximum absolute atomic E-state index is 12.6. The summed E-state index contributed by atoms with van der Waals surface area (Å²) >= 11 is 0. The second-order valence-corrected chi connectivity index (χ2v) is 9.00. The number of anilines is 1. The smallest absolute Gasteiger partial charge is 0.274 e. The quantitative estimate of drug-likeness (QED) is 0.548. The Labute approximate surface area is 170 Å². The predicted molar refractivity (Wildman–Crippen MR) is 112 cm³/mol. The van der Waals surface area contributed by atoms with Gasteiger partial charge in [0.15, 0.2) is 0 Å². The number of rotatable bonds is 7. The third-order valence-electron chi connectivity index (χ3n) is 4.71. The summed E-state index contributed by atoms with van der Waals surface area (Å²) in [4.78, 5) is 23.2. The molecule has 29 heavy (non-hydrogen) atoms. The average molecular weight is 420 g/mol. The molecule has 0 unspecified atom stereocenters. The maximum atomic E-state index is 12.6. The van der Waals surface area contributed by atoms with E-state index >= 15 is 0 Å². The molecule has 0 fully saturated rings. The standard InChI is InChI=1S/C20H25N3O5S/c1-13-9-10-14(2)17(11-13)16(4)21-20(24)12-22(29(5,27)28)18-7-6-8-19(15(18)3)23(25)26/h6-11,16H,12H2,1-5H3,(H,21,24)/t16-/m0/s1. The number of nitrogens with zero attached hydrogens (tertiary/aromatic N) is 2. The molecule has 0 saturated heterocycles. The van der Waals surface area contributed by atoms with E-state index in [2.05, 4.69) is 5.32 Å². The first-order valence-electron chi connectivity index (χ1n) is 9.00. The van der Waals surface area contributed by atoms with E-state index in [0.29, 0.717) is 0 Å². The van der Waals surface area contributed by atoms with Crippen LogP contribution in [-0.2, 0) is 14.8 Å². The van der Waals surface area contributed by atoms with Crippen LogP contribution in [0, 0.1) is 30.9 Å². The van der Waals surface area contributed by atoms with Gasteiger partial charge >= 0.3 is 0 Å². The number of aryl methyl sites for hydroxylation is 2. The van der Waals surface area contributed by atoms with E-state index in [-0.39, 0.29) is 23.0 Å². The van der Waals surface area contributed by atoms with Gasteiger partial charge in [-0.1, -0.05) is 29.8 Å². The Hall–Kier alpha value is -2.94. The fraction of sp³-hybridized carbons (Fsp3) is 0.350. The van der Waals surface area contributed by atoms with Crippen molar-refractivity contribution in [2.24, 2.45) is 0 Å². The minimum absolute atomic E-state index is 0.108. The lowest BCUT2D eigenvalue weighted by molar-refractivity contribution is -0.385. The van der Waals surface area contributed by atoms with Crippen LogP contribution in [-0.4, -0.2) is 32.0 Å². The molecule has 1 atom stereocenters. The largest absolute Gasteiger partial charge is 0.348 e. The lowest BCUT2D eigenvalue weighted by Crippen LogP contribution is -2.41. The summed E-state index contributed by atoms with van der Waals surface area (Å²) in [6.45, 7) is 6.70. The van der Waals surface area contributed by atoms with Crippen molar-refractivity contribution in [3.8, 4) is 0 Å². The second-order valence-electron chi connectivity index (χ2n) is 7.10. The number of benzene rings is 2. The molecule has 0 aromatic heterocycles. The van der Waals surface area contributed by atoms with Crippen LogP contribution < -0.4 is 9.62 Å². The molecule has 1 N–H and O–H groups in total. The molecule has 0 aliphatic heterocycles. The van der Waals surface area contributed by atoms with Crippen molar-refractivity contribution in [3.63, 3.8) is 0 Å². The van der Waals surface area contributed by atoms with Crippen LogP contribution in [0.25, 0.3) is 0 Å². The van der Waals surface area contributed by atoms with Gasteiger partial charge in [-0.2, -0.15) is 0 Å². The molecule has 2 aromatic carbocycles. The third kappa shape index (κ3) is 5.32. The SMILES string of the molecule is Cc1ccc(C)c([C@H](C)NC(=O)CN(c2cccc([N+](=O)[O-])c2C)S(C)(=O)=O)c1. The Morgan fingerprint density at radius 2 is 1.86 bits per heavy atom. The van der Waals surface area contributed by atoms with Crippen LogP contribution in [0.4, 0.5) is 11.4 Å². The highest BCUT2D eigenvalue weighted by molar-refractivity contribution is 7.92. The monoisotopic (exact) mass is 419 g/mol. The Bertz CT molecular complexity index is 1050. The molecule has 1 amide bonds. The molecule has 0 radical (unpaired) electrons. The average Bonchev–Trinajstić information content (AvgIpc) is 2.61. The van der Waals surface area contributed by atoms with Crippen LogP contribution in [0.15, 0.2) is 36.4 Å². The molecule has 8 nitrogen and oxygen atoms in total. The lowest BCUT2D eigenvalue weighted by atomic mass is 10.00. The van der Waals surface area contributed by atoms with Crippen molar-refractivity contribution < 1.29 is 18.1 Å². The molecule has 2 aromatic rings. The summed E-state index contributed by atoms with van der Waals surface area (Å²) in [6.07, 6.45) is 0.965. The van der Waals surface area contributed by atoms with E-state index in [1.54, 1.807) is 0 Å². The van der Waals surface area contributed by atoms with E-state index in [9.17, 15) is 23.3 Å². The molecule has 0 aliphatic carbocycles. The van der Waals surface area contributed by atoms with Crippen molar-refractivity contribution >= 4 is 27.3 Å². The predicted octanol–water partition coefficient (Wildman–Crippen LogP) is 3.16. The van der Waals surface area contributed by atoms with Crippen LogP contribution >= 0.6 is 0 Å². The first kappa shape index (κ1) is 22.4. The van der Waals surface area contributed by atoms with E-state index in [1.807, 2.05) is 39.0 Å². The van der Waals surface area contributed by atoms with Gasteiger partial charge in [-0.3, -0.25) is 19.2 Å². The number of sulfonamides is 1. The van der Waals surface area contributed by atoms with Crippen molar-refractivity contribution in [3.05, 3.63) is 68.8 Å². The summed E-state index contributed by atoms with van der Waals surface area (Å²) < 4.78 is 25.6. The van der Waals surface area contributed by atoms with Crippen molar-refractivity contribution in [1.82, 2.24) is 5.32 Å². The van der Waals surface area contributed by atoms with Gasteiger partial charge in [0.25, 0.3) is 5.69 Å². The summed E-state index contributed by atoms with van der Waals surface area (Å²) in [6, 6.07) is 9.73. The fourth-order valence-corrected chi connectivity index (χ4v) is 4.09. The van der Waals surface area contributed by atoms with E-state index in [0.717, 1.165) is 27.3 Å². The molecule has 0 saturated carbocycles. The zero-order chi connectivity index (χ0) is 21.9. The minimum Gasteiger partial charge on any atom is -0.348 e. The molecule has 2 rings (SSSR count). The Morgan fingerprint density at radius 1 is 1.21 bits per heavy atom. The minimum atomic E-state index is -3.84. The maximum Gasteiger partial charge on any atom is 0.274 e. The number of carbonyl (C=O) groups is 1. The van der Waals surface area contributed by atoms with Gasteiger partial charge in [0.2, 0.25) is 15.9 Å². The van der Waals surface area contributed by atoms with Gasteiger partial charge in [-0.15, -0.1) is 0 Å². The normalized spacial score (nSPS) is 12.3. The summed E-state index contributed by atoms with van der Waals surface area (Å²) in [5.74, 6) is -0.505. The van der Waals surface area contributed by atoms with Gasteiger partial charge in [-0.25, -0.2) is 8.42 Å². The molecular weight excluding hydrogens is 394 g/mol. The number of hydrogen-bond donors (Lipinski definition) is 1. The van der Waals surface area contributed by atoms with Crippen molar-refractivity contribution in [2.45, 2.75) is 33.7 Å². The summed E-state index contributed by atoms with van der Waals surface area (Å²) in [7, 11) is -3.84. The molecule has 0 heterocycles. The van der Waals surface area contributed by atoms with Crippen LogP contribution in [0.2, 0.25) is 0 Å². The van der Waals surface area contributed by atoms with Gasteiger partial charge in [0.1, 0.15) is 6.54 Å². The van der Waals surface area contributed by atoms with Gasteiger partial charge in [-0.05, 0) is 44.9 Å². The van der Waals surface area contributed by atoms with Crippen LogP contribution in [0.3, 0.4) is 0 Å². The van der Waals surface area contributed by atoms with E-state index < -0.39 is 27.4 Å². The molecular formula is C20H25N3O5S. The van der Waals surface area contributed by atoms with E-state index in [4.69, 9.17) is 0 Å². The second kappa shape index (κ2) is 8.60. The fourth-order valence-electron chi connectivity index (χ4n) is 3.18. The van der Waals surface area contributed by atoms with E-state index in [1.165, 1.54) is 25.1 Å². The highest BCUT2D eigenvalue weighted by Crippen LogP contribution is 2.29.